The number of hydrogen-bond donors (Lipinski definition) is 1. The molecule has 3 heteroatoms. The van der Waals surface area contributed by atoms with Crippen molar-refractivity contribution in [3.8, 4) is 0 Å². The second-order valence-electron chi connectivity index (χ2n) is 3.63. The van der Waals surface area contributed by atoms with Crippen molar-refractivity contribution in [1.29, 1.82) is 0 Å². The molecule has 0 rings (SSSR count). The summed E-state index contributed by atoms with van der Waals surface area (Å²) in [7, 11) is 0. The van der Waals surface area contributed by atoms with Crippen molar-refractivity contribution in [2.45, 2.75) is 27.7 Å². The average Bonchev–Trinajstić information content (AvgIpc) is 1.80. The van der Waals surface area contributed by atoms with E-state index in [9.17, 15) is 4.79 Å². The van der Waals surface area contributed by atoms with Crippen LogP contribution in [-0.2, 0) is 4.79 Å². The molecule has 0 aliphatic rings. The molecule has 0 fully saturated rings. The number of nitrogens with two attached hydrogens (primary N) is 1. The second kappa shape index (κ2) is 3.51. The summed E-state index contributed by atoms with van der Waals surface area (Å²) in [4.78, 5) is 15.0. The number of hydrogen-bond acceptors (Lipinski definition) is 2. The minimum atomic E-state index is -0.307. The topological polar surface area (TPSA) is 55.4 Å². The predicted octanol–water partition coefficient (Wildman–Crippen LogP) is 0.979. The van der Waals surface area contributed by atoms with E-state index in [-0.39, 0.29) is 17.7 Å². The van der Waals surface area contributed by atoms with Gasteiger partial charge in [0.25, 0.3) is 0 Å². The van der Waals surface area contributed by atoms with E-state index in [2.05, 4.69) is 4.99 Å². The maximum atomic E-state index is 11.2. The third-order valence-electron chi connectivity index (χ3n) is 1.31. The summed E-state index contributed by atoms with van der Waals surface area (Å²) in [6.45, 7) is 7.49. The van der Waals surface area contributed by atoms with Gasteiger partial charge >= 0.3 is 0 Å². The average molecular weight is 156 g/mol. The van der Waals surface area contributed by atoms with Crippen molar-refractivity contribution in [2.24, 2.45) is 16.1 Å². The van der Waals surface area contributed by atoms with Crippen LogP contribution in [0.4, 0.5) is 0 Å². The fraction of sp³-hybridized carbons (Fsp3) is 0.750. The van der Waals surface area contributed by atoms with Crippen molar-refractivity contribution in [3.05, 3.63) is 0 Å². The molecule has 0 aliphatic carbocycles. The fourth-order valence-electron chi connectivity index (χ4n) is 0.434. The van der Waals surface area contributed by atoms with Gasteiger partial charge in [0.05, 0.1) is 5.84 Å². The van der Waals surface area contributed by atoms with Gasteiger partial charge in [-0.15, -0.1) is 0 Å². The maximum absolute atomic E-state index is 11.2. The van der Waals surface area contributed by atoms with E-state index in [0.717, 1.165) is 0 Å². The highest BCUT2D eigenvalue weighted by molar-refractivity contribution is 5.88. The smallest absolute Gasteiger partial charge is 0.159 e. The first-order valence-electron chi connectivity index (χ1n) is 3.64. The number of Topliss-reactive ketones (excluding diaryl/α,β-unsaturated/α-hetero) is 1. The Labute approximate surface area is 67.7 Å². The molecule has 3 nitrogen and oxygen atoms in total. The number of rotatable bonds is 2. The van der Waals surface area contributed by atoms with Gasteiger partial charge in [0, 0.05) is 5.41 Å². The SMILES string of the molecule is CC(N)=NCC(=O)C(C)(C)C. The van der Waals surface area contributed by atoms with Gasteiger partial charge in [0.2, 0.25) is 0 Å². The molecule has 0 aliphatic heterocycles. The molecule has 0 aromatic rings. The molecule has 0 saturated carbocycles. The normalized spacial score (nSPS) is 13.3. The molecule has 64 valence electrons. The first-order valence-corrected chi connectivity index (χ1v) is 3.64. The van der Waals surface area contributed by atoms with Crippen molar-refractivity contribution in [1.82, 2.24) is 0 Å². The van der Waals surface area contributed by atoms with Crippen LogP contribution >= 0.6 is 0 Å². The lowest BCUT2D eigenvalue weighted by Crippen LogP contribution is -2.23. The fourth-order valence-corrected chi connectivity index (χ4v) is 0.434. The zero-order valence-electron chi connectivity index (χ0n) is 7.64. The van der Waals surface area contributed by atoms with Crippen LogP contribution in [0.1, 0.15) is 27.7 Å². The summed E-state index contributed by atoms with van der Waals surface area (Å²) in [5, 5.41) is 0. The standard InChI is InChI=1S/C8H16N2O/c1-6(9)10-5-7(11)8(2,3)4/h5H2,1-4H3,(H2,9,10). The molecule has 0 bridgehead atoms. The van der Waals surface area contributed by atoms with Crippen LogP contribution in [-0.4, -0.2) is 18.2 Å². The van der Waals surface area contributed by atoms with E-state index in [1.807, 2.05) is 20.8 Å². The summed E-state index contributed by atoms with van der Waals surface area (Å²) in [5.74, 6) is 0.574. The van der Waals surface area contributed by atoms with E-state index >= 15 is 0 Å². The summed E-state index contributed by atoms with van der Waals surface area (Å²) in [6, 6.07) is 0. The Morgan fingerprint density at radius 1 is 1.45 bits per heavy atom. The minimum absolute atomic E-state index is 0.113. The minimum Gasteiger partial charge on any atom is -0.388 e. The molecule has 0 atom stereocenters. The molecule has 0 saturated heterocycles. The molecule has 0 amide bonds. The Bertz CT molecular complexity index is 173. The quantitative estimate of drug-likeness (QED) is 0.478. The molecule has 0 spiro atoms. The Morgan fingerprint density at radius 3 is 2.18 bits per heavy atom. The lowest BCUT2D eigenvalue weighted by Gasteiger charge is -2.14. The Kier molecular flexibility index (Phi) is 3.23. The van der Waals surface area contributed by atoms with Crippen molar-refractivity contribution in [3.63, 3.8) is 0 Å². The van der Waals surface area contributed by atoms with Gasteiger partial charge in [-0.2, -0.15) is 0 Å². The summed E-state index contributed by atoms with van der Waals surface area (Å²) < 4.78 is 0. The van der Waals surface area contributed by atoms with Gasteiger partial charge in [-0.25, -0.2) is 0 Å². The molecule has 0 aromatic carbocycles. The van der Waals surface area contributed by atoms with Gasteiger partial charge in [-0.3, -0.25) is 9.79 Å². The lowest BCUT2D eigenvalue weighted by molar-refractivity contribution is -0.124. The first kappa shape index (κ1) is 10.1. The van der Waals surface area contributed by atoms with Crippen LogP contribution in [0.5, 0.6) is 0 Å². The molecular weight excluding hydrogens is 140 g/mol. The first-order chi connectivity index (χ1) is 4.84. The highest BCUT2D eigenvalue weighted by Gasteiger charge is 2.19. The van der Waals surface area contributed by atoms with E-state index in [4.69, 9.17) is 5.73 Å². The molecule has 0 heterocycles. The van der Waals surface area contributed by atoms with E-state index in [1.165, 1.54) is 0 Å². The molecule has 2 N–H and O–H groups in total. The number of aliphatic imine (C=N–C) groups is 1. The van der Waals surface area contributed by atoms with Crippen LogP contribution in [0.15, 0.2) is 4.99 Å². The number of carbonyl (C=O) groups is 1. The maximum Gasteiger partial charge on any atom is 0.159 e. The third kappa shape index (κ3) is 4.53. The predicted molar refractivity (Wildman–Crippen MR) is 46.6 cm³/mol. The van der Waals surface area contributed by atoms with Crippen LogP contribution in [0, 0.1) is 5.41 Å². The van der Waals surface area contributed by atoms with E-state index in [1.54, 1.807) is 6.92 Å². The van der Waals surface area contributed by atoms with Crippen LogP contribution < -0.4 is 5.73 Å². The largest absolute Gasteiger partial charge is 0.388 e. The van der Waals surface area contributed by atoms with Gasteiger partial charge in [0.1, 0.15) is 6.54 Å². The zero-order valence-corrected chi connectivity index (χ0v) is 7.64. The highest BCUT2D eigenvalue weighted by Crippen LogP contribution is 2.13. The van der Waals surface area contributed by atoms with E-state index in [0.29, 0.717) is 5.84 Å². The van der Waals surface area contributed by atoms with Crippen LogP contribution in [0.2, 0.25) is 0 Å². The number of amidine groups is 1. The van der Waals surface area contributed by atoms with Crippen LogP contribution in [0.3, 0.4) is 0 Å². The van der Waals surface area contributed by atoms with Crippen molar-refractivity contribution in [2.75, 3.05) is 6.54 Å². The molecule has 0 unspecified atom stereocenters. The van der Waals surface area contributed by atoms with Gasteiger partial charge in [-0.1, -0.05) is 20.8 Å². The van der Waals surface area contributed by atoms with Crippen LogP contribution in [0.25, 0.3) is 0 Å². The lowest BCUT2D eigenvalue weighted by atomic mass is 9.91. The second-order valence-corrected chi connectivity index (χ2v) is 3.63. The Morgan fingerprint density at radius 2 is 1.91 bits per heavy atom. The van der Waals surface area contributed by atoms with Crippen molar-refractivity contribution >= 4 is 11.6 Å². The van der Waals surface area contributed by atoms with Gasteiger partial charge < -0.3 is 5.73 Å². The monoisotopic (exact) mass is 156 g/mol. The van der Waals surface area contributed by atoms with E-state index < -0.39 is 0 Å². The van der Waals surface area contributed by atoms with Crippen molar-refractivity contribution < 1.29 is 4.79 Å². The summed E-state index contributed by atoms with van der Waals surface area (Å²) in [5.41, 5.74) is 4.98. The highest BCUT2D eigenvalue weighted by atomic mass is 16.1. The molecule has 0 radical (unpaired) electrons. The summed E-state index contributed by atoms with van der Waals surface area (Å²) in [6.07, 6.45) is 0. The van der Waals surface area contributed by atoms with Gasteiger partial charge in [0.15, 0.2) is 5.78 Å². The molecule has 11 heavy (non-hydrogen) atoms. The third-order valence-corrected chi connectivity index (χ3v) is 1.31. The number of nitrogens with zero attached hydrogens (tertiary/aromatic N) is 1. The van der Waals surface area contributed by atoms with Gasteiger partial charge in [-0.05, 0) is 6.92 Å². The molecular formula is C8H16N2O. The molecule has 0 aromatic heterocycles. The zero-order chi connectivity index (χ0) is 9.07. The summed E-state index contributed by atoms with van der Waals surface area (Å²) >= 11 is 0. The Balaban J connectivity index is 4.01. The number of ketones is 1. The Hall–Kier alpha value is -0.860. The number of carbonyl (C=O) groups excluding carboxylic acids is 1.